The first-order valence-corrected chi connectivity index (χ1v) is 8.97. The van der Waals surface area contributed by atoms with Gasteiger partial charge in [-0.2, -0.15) is 0 Å². The predicted octanol–water partition coefficient (Wildman–Crippen LogP) is 3.39. The Hall–Kier alpha value is -2.02. The van der Waals surface area contributed by atoms with Gasteiger partial charge in [0.2, 0.25) is 11.8 Å². The Labute approximate surface area is 146 Å². The fraction of sp³-hybridized carbons (Fsp3) is 0.471. The highest BCUT2D eigenvalue weighted by molar-refractivity contribution is 7.99. The lowest BCUT2D eigenvalue weighted by atomic mass is 10.1. The van der Waals surface area contributed by atoms with Crippen molar-refractivity contribution in [3.63, 3.8) is 0 Å². The summed E-state index contributed by atoms with van der Waals surface area (Å²) in [5, 5.41) is 11.3. The van der Waals surface area contributed by atoms with Gasteiger partial charge in [0, 0.05) is 11.6 Å². The van der Waals surface area contributed by atoms with E-state index in [1.54, 1.807) is 0 Å². The van der Waals surface area contributed by atoms with Crippen molar-refractivity contribution in [2.24, 2.45) is 5.92 Å². The third-order valence-corrected chi connectivity index (χ3v) is 4.35. The molecule has 0 unspecified atom stereocenters. The van der Waals surface area contributed by atoms with E-state index in [9.17, 15) is 4.79 Å². The first-order valence-electron chi connectivity index (χ1n) is 7.98. The van der Waals surface area contributed by atoms with Gasteiger partial charge in [0.05, 0.1) is 12.4 Å². The standard InChI is InChI=1S/C17H23N3O3S/c1-5-22-14-8-6-13(7-9-14)16-19-20-17(23-16)24-10-15(21)18-12(4)11(2)3/h6-9,11-12H,5,10H2,1-4H3,(H,18,21)/t12-/m1/s1. The Bertz CT molecular complexity index is 655. The van der Waals surface area contributed by atoms with E-state index in [1.165, 1.54) is 11.8 Å². The molecule has 24 heavy (non-hydrogen) atoms. The smallest absolute Gasteiger partial charge is 0.277 e. The number of ether oxygens (including phenoxy) is 1. The quantitative estimate of drug-likeness (QED) is 0.736. The molecular formula is C17H23N3O3S. The highest BCUT2D eigenvalue weighted by Gasteiger charge is 2.14. The first kappa shape index (κ1) is 18.3. The minimum Gasteiger partial charge on any atom is -0.494 e. The largest absolute Gasteiger partial charge is 0.494 e. The molecule has 1 amide bonds. The fourth-order valence-electron chi connectivity index (χ4n) is 1.83. The van der Waals surface area contributed by atoms with Gasteiger partial charge < -0.3 is 14.5 Å². The summed E-state index contributed by atoms with van der Waals surface area (Å²) in [5.74, 6) is 1.83. The molecule has 1 aromatic carbocycles. The Morgan fingerprint density at radius 1 is 1.25 bits per heavy atom. The number of carbonyl (C=O) groups is 1. The van der Waals surface area contributed by atoms with Crippen LogP contribution in [0.3, 0.4) is 0 Å². The lowest BCUT2D eigenvalue weighted by Gasteiger charge is -2.16. The van der Waals surface area contributed by atoms with E-state index < -0.39 is 0 Å². The summed E-state index contributed by atoms with van der Waals surface area (Å²) in [4.78, 5) is 11.9. The van der Waals surface area contributed by atoms with Crippen LogP contribution in [0.25, 0.3) is 11.5 Å². The fourth-order valence-corrected chi connectivity index (χ4v) is 2.41. The maximum atomic E-state index is 11.9. The number of benzene rings is 1. The maximum absolute atomic E-state index is 11.9. The zero-order valence-electron chi connectivity index (χ0n) is 14.4. The van der Waals surface area contributed by atoms with Gasteiger partial charge in [-0.1, -0.05) is 25.6 Å². The summed E-state index contributed by atoms with van der Waals surface area (Å²) < 4.78 is 11.0. The summed E-state index contributed by atoms with van der Waals surface area (Å²) in [6.45, 7) is 8.69. The number of aromatic nitrogens is 2. The molecule has 130 valence electrons. The van der Waals surface area contributed by atoms with Gasteiger partial charge in [-0.25, -0.2) is 0 Å². The molecule has 0 radical (unpaired) electrons. The van der Waals surface area contributed by atoms with Crippen molar-refractivity contribution in [2.75, 3.05) is 12.4 Å². The van der Waals surface area contributed by atoms with Crippen LogP contribution in [-0.2, 0) is 4.79 Å². The monoisotopic (exact) mass is 349 g/mol. The van der Waals surface area contributed by atoms with Gasteiger partial charge >= 0.3 is 0 Å². The number of rotatable bonds is 8. The SMILES string of the molecule is CCOc1ccc(-c2nnc(SCC(=O)N[C@H](C)C(C)C)o2)cc1. The molecule has 2 rings (SSSR count). The van der Waals surface area contributed by atoms with Crippen LogP contribution in [-0.4, -0.2) is 34.5 Å². The lowest BCUT2D eigenvalue weighted by molar-refractivity contribution is -0.119. The van der Waals surface area contributed by atoms with Crippen molar-refractivity contribution in [3.8, 4) is 17.2 Å². The molecule has 0 saturated heterocycles. The highest BCUT2D eigenvalue weighted by Crippen LogP contribution is 2.24. The second kappa shape index (κ2) is 8.73. The maximum Gasteiger partial charge on any atom is 0.277 e. The van der Waals surface area contributed by atoms with Crippen LogP contribution in [0.15, 0.2) is 33.9 Å². The molecule has 1 atom stereocenters. The lowest BCUT2D eigenvalue weighted by Crippen LogP contribution is -2.37. The molecule has 0 aliphatic carbocycles. The average Bonchev–Trinajstić information content (AvgIpc) is 3.03. The Kier molecular flexibility index (Phi) is 6.66. The Morgan fingerprint density at radius 2 is 1.96 bits per heavy atom. The molecule has 1 N–H and O–H groups in total. The average molecular weight is 349 g/mol. The van der Waals surface area contributed by atoms with E-state index in [0.717, 1.165) is 11.3 Å². The van der Waals surface area contributed by atoms with Crippen molar-refractivity contribution in [3.05, 3.63) is 24.3 Å². The van der Waals surface area contributed by atoms with Gasteiger partial charge in [0.25, 0.3) is 5.22 Å². The summed E-state index contributed by atoms with van der Waals surface area (Å²) >= 11 is 1.23. The molecule has 0 bridgehead atoms. The Balaban J connectivity index is 1.90. The van der Waals surface area contributed by atoms with Crippen molar-refractivity contribution in [1.82, 2.24) is 15.5 Å². The van der Waals surface area contributed by atoms with Gasteiger partial charge in [-0.15, -0.1) is 10.2 Å². The van der Waals surface area contributed by atoms with Crippen LogP contribution < -0.4 is 10.1 Å². The van der Waals surface area contributed by atoms with Crippen LogP contribution in [0.2, 0.25) is 0 Å². The molecule has 0 aliphatic heterocycles. The summed E-state index contributed by atoms with van der Waals surface area (Å²) in [6, 6.07) is 7.58. The van der Waals surface area contributed by atoms with E-state index in [4.69, 9.17) is 9.15 Å². The second-order valence-electron chi connectivity index (χ2n) is 5.72. The topological polar surface area (TPSA) is 77.2 Å². The van der Waals surface area contributed by atoms with Gasteiger partial charge in [-0.05, 0) is 44.0 Å². The minimum absolute atomic E-state index is 0.0398. The Morgan fingerprint density at radius 3 is 2.58 bits per heavy atom. The molecule has 6 nitrogen and oxygen atoms in total. The van der Waals surface area contributed by atoms with Crippen molar-refractivity contribution in [2.45, 2.75) is 39.0 Å². The van der Waals surface area contributed by atoms with Crippen molar-refractivity contribution >= 4 is 17.7 Å². The van der Waals surface area contributed by atoms with E-state index >= 15 is 0 Å². The number of amides is 1. The van der Waals surface area contributed by atoms with Crippen LogP contribution in [0.5, 0.6) is 5.75 Å². The third-order valence-electron chi connectivity index (χ3n) is 3.53. The summed E-state index contributed by atoms with van der Waals surface area (Å²) in [6.07, 6.45) is 0. The van der Waals surface area contributed by atoms with Crippen LogP contribution in [0.4, 0.5) is 0 Å². The zero-order chi connectivity index (χ0) is 17.5. The number of nitrogens with zero attached hydrogens (tertiary/aromatic N) is 2. The van der Waals surface area contributed by atoms with E-state index in [1.807, 2.05) is 38.1 Å². The van der Waals surface area contributed by atoms with Gasteiger partial charge in [-0.3, -0.25) is 4.79 Å². The first-order chi connectivity index (χ1) is 11.5. The second-order valence-corrected chi connectivity index (χ2v) is 6.65. The zero-order valence-corrected chi connectivity index (χ0v) is 15.2. The molecule has 2 aromatic rings. The minimum atomic E-state index is -0.0398. The van der Waals surface area contributed by atoms with Crippen LogP contribution >= 0.6 is 11.8 Å². The van der Waals surface area contributed by atoms with Gasteiger partial charge in [0.15, 0.2) is 0 Å². The molecule has 0 saturated carbocycles. The predicted molar refractivity (Wildman–Crippen MR) is 94.1 cm³/mol. The third kappa shape index (κ3) is 5.26. The number of hydrogen-bond acceptors (Lipinski definition) is 6. The molecule has 0 fully saturated rings. The number of thioether (sulfide) groups is 1. The molecular weight excluding hydrogens is 326 g/mol. The van der Waals surface area contributed by atoms with Crippen molar-refractivity contribution in [1.29, 1.82) is 0 Å². The van der Waals surface area contributed by atoms with E-state index in [0.29, 0.717) is 23.6 Å². The molecule has 1 aromatic heterocycles. The molecule has 7 heteroatoms. The molecule has 0 aliphatic rings. The van der Waals surface area contributed by atoms with Gasteiger partial charge in [0.1, 0.15) is 5.75 Å². The molecule has 1 heterocycles. The summed E-state index contributed by atoms with van der Waals surface area (Å²) in [5.41, 5.74) is 0.815. The van der Waals surface area contributed by atoms with E-state index in [2.05, 4.69) is 29.4 Å². The molecule has 0 spiro atoms. The van der Waals surface area contributed by atoms with Crippen LogP contribution in [0.1, 0.15) is 27.7 Å². The number of nitrogens with one attached hydrogen (secondary N) is 1. The summed E-state index contributed by atoms with van der Waals surface area (Å²) in [7, 11) is 0. The van der Waals surface area contributed by atoms with E-state index in [-0.39, 0.29) is 17.7 Å². The number of hydrogen-bond donors (Lipinski definition) is 1. The van der Waals surface area contributed by atoms with Crippen LogP contribution in [0, 0.1) is 5.92 Å². The highest BCUT2D eigenvalue weighted by atomic mass is 32.2. The number of carbonyl (C=O) groups excluding carboxylic acids is 1. The van der Waals surface area contributed by atoms with Crippen molar-refractivity contribution < 1.29 is 13.9 Å². The normalized spacial score (nSPS) is 12.2.